The van der Waals surface area contributed by atoms with Gasteiger partial charge in [-0.25, -0.2) is 5.43 Å². The smallest absolute Gasteiger partial charge is 0.277 e. The number of hydrogen-bond acceptors (Lipinski definition) is 3. The van der Waals surface area contributed by atoms with Crippen molar-refractivity contribution >= 4 is 22.9 Å². The lowest BCUT2D eigenvalue weighted by atomic mass is 9.87. The molecule has 0 fully saturated rings. The molecule has 0 aromatic heterocycles. The second-order valence-corrected chi connectivity index (χ2v) is 7.46. The first-order valence-electron chi connectivity index (χ1n) is 8.96. The maximum Gasteiger partial charge on any atom is 0.277 e. The molecule has 0 atom stereocenters. The molecule has 0 radical (unpaired) electrons. The van der Waals surface area contributed by atoms with Crippen LogP contribution in [0, 0.1) is 0 Å². The predicted molar refractivity (Wildman–Crippen MR) is 110 cm³/mol. The molecular formula is C23H24N2O2. The highest BCUT2D eigenvalue weighted by Gasteiger charge is 2.13. The maximum absolute atomic E-state index is 11.9. The summed E-state index contributed by atoms with van der Waals surface area (Å²) in [5.41, 5.74) is 4.73. The zero-order chi connectivity index (χ0) is 19.3. The predicted octanol–water partition coefficient (Wildman–Crippen LogP) is 4.67. The average molecular weight is 360 g/mol. The Morgan fingerprint density at radius 1 is 1.00 bits per heavy atom. The number of amides is 1. The van der Waals surface area contributed by atoms with E-state index in [1.807, 2.05) is 60.7 Å². The van der Waals surface area contributed by atoms with Gasteiger partial charge in [0.2, 0.25) is 0 Å². The Hall–Kier alpha value is -3.14. The van der Waals surface area contributed by atoms with E-state index in [0.29, 0.717) is 5.75 Å². The summed E-state index contributed by atoms with van der Waals surface area (Å²) in [5.74, 6) is 0.364. The molecule has 0 aliphatic rings. The van der Waals surface area contributed by atoms with Crippen molar-refractivity contribution < 1.29 is 9.53 Å². The molecule has 4 nitrogen and oxygen atoms in total. The number of carbonyl (C=O) groups excluding carboxylic acids is 1. The molecule has 0 saturated heterocycles. The van der Waals surface area contributed by atoms with Crippen LogP contribution in [-0.4, -0.2) is 18.7 Å². The van der Waals surface area contributed by atoms with E-state index in [9.17, 15) is 4.79 Å². The average Bonchev–Trinajstić information content (AvgIpc) is 2.66. The number of hydrazone groups is 1. The summed E-state index contributed by atoms with van der Waals surface area (Å²) in [7, 11) is 0. The SMILES string of the molecule is CC(C)(C)c1ccc(OCC(=O)N/N=C\c2ccc3ccccc3c2)cc1. The van der Waals surface area contributed by atoms with Crippen molar-refractivity contribution in [2.75, 3.05) is 6.61 Å². The second kappa shape index (κ2) is 8.04. The molecule has 3 aromatic rings. The molecule has 0 heterocycles. The van der Waals surface area contributed by atoms with Crippen LogP contribution in [0.5, 0.6) is 5.75 Å². The second-order valence-electron chi connectivity index (χ2n) is 7.46. The fraction of sp³-hybridized carbons (Fsp3) is 0.217. The molecular weight excluding hydrogens is 336 g/mol. The molecule has 1 amide bonds. The van der Waals surface area contributed by atoms with Gasteiger partial charge in [0.25, 0.3) is 5.91 Å². The van der Waals surface area contributed by atoms with Crippen molar-refractivity contribution in [3.63, 3.8) is 0 Å². The van der Waals surface area contributed by atoms with Gasteiger partial charge in [-0.1, -0.05) is 69.3 Å². The van der Waals surface area contributed by atoms with Crippen LogP contribution in [-0.2, 0) is 10.2 Å². The van der Waals surface area contributed by atoms with E-state index in [4.69, 9.17) is 4.74 Å². The zero-order valence-corrected chi connectivity index (χ0v) is 15.9. The molecule has 0 aliphatic carbocycles. The van der Waals surface area contributed by atoms with Crippen LogP contribution in [0.4, 0.5) is 0 Å². The fourth-order valence-corrected chi connectivity index (χ4v) is 2.70. The molecule has 0 unspecified atom stereocenters. The van der Waals surface area contributed by atoms with Crippen molar-refractivity contribution in [1.29, 1.82) is 0 Å². The van der Waals surface area contributed by atoms with Crippen LogP contribution >= 0.6 is 0 Å². The lowest BCUT2D eigenvalue weighted by Crippen LogP contribution is -2.24. The first kappa shape index (κ1) is 18.6. The zero-order valence-electron chi connectivity index (χ0n) is 15.9. The van der Waals surface area contributed by atoms with Gasteiger partial charge in [-0.15, -0.1) is 0 Å². The molecule has 1 N–H and O–H groups in total. The summed E-state index contributed by atoms with van der Waals surface area (Å²) in [5, 5.41) is 6.31. The fourth-order valence-electron chi connectivity index (χ4n) is 2.70. The summed E-state index contributed by atoms with van der Waals surface area (Å²) in [4.78, 5) is 11.9. The van der Waals surface area contributed by atoms with Crippen LogP contribution in [0.25, 0.3) is 10.8 Å². The van der Waals surface area contributed by atoms with Gasteiger partial charge in [0, 0.05) is 0 Å². The van der Waals surface area contributed by atoms with Gasteiger partial charge in [-0.05, 0) is 45.5 Å². The van der Waals surface area contributed by atoms with Gasteiger partial charge in [-0.3, -0.25) is 4.79 Å². The van der Waals surface area contributed by atoms with Crippen molar-refractivity contribution in [1.82, 2.24) is 5.43 Å². The van der Waals surface area contributed by atoms with Crippen LogP contribution in [0.2, 0.25) is 0 Å². The lowest BCUT2D eigenvalue weighted by molar-refractivity contribution is -0.123. The largest absolute Gasteiger partial charge is 0.484 e. The molecule has 4 heteroatoms. The van der Waals surface area contributed by atoms with Gasteiger partial charge in [0.15, 0.2) is 6.61 Å². The standard InChI is InChI=1S/C23H24N2O2/c1-23(2,3)20-10-12-21(13-11-20)27-16-22(26)25-24-15-17-8-9-18-6-4-5-7-19(18)14-17/h4-15H,16H2,1-3H3,(H,25,26)/b24-15-. The van der Waals surface area contributed by atoms with E-state index in [1.165, 1.54) is 10.9 Å². The van der Waals surface area contributed by atoms with E-state index in [1.54, 1.807) is 6.21 Å². The number of fused-ring (bicyclic) bond motifs is 1. The number of nitrogens with zero attached hydrogens (tertiary/aromatic N) is 1. The molecule has 0 aliphatic heterocycles. The van der Waals surface area contributed by atoms with E-state index in [2.05, 4.69) is 37.4 Å². The number of ether oxygens (including phenoxy) is 1. The summed E-state index contributed by atoms with van der Waals surface area (Å²) in [6.45, 7) is 6.39. The van der Waals surface area contributed by atoms with Gasteiger partial charge >= 0.3 is 0 Å². The van der Waals surface area contributed by atoms with Gasteiger partial charge in [0.1, 0.15) is 5.75 Å². The topological polar surface area (TPSA) is 50.7 Å². The van der Waals surface area contributed by atoms with E-state index >= 15 is 0 Å². The Labute approximate surface area is 159 Å². The monoisotopic (exact) mass is 360 g/mol. The number of rotatable bonds is 5. The van der Waals surface area contributed by atoms with Gasteiger partial charge in [0.05, 0.1) is 6.21 Å². The minimum absolute atomic E-state index is 0.0794. The van der Waals surface area contributed by atoms with Gasteiger partial charge in [-0.2, -0.15) is 5.10 Å². The summed E-state index contributed by atoms with van der Waals surface area (Å²) in [6.07, 6.45) is 1.63. The minimum atomic E-state index is -0.299. The Morgan fingerprint density at radius 3 is 2.41 bits per heavy atom. The number of nitrogens with one attached hydrogen (secondary N) is 1. The van der Waals surface area contributed by atoms with Crippen molar-refractivity contribution in [3.05, 3.63) is 77.9 Å². The lowest BCUT2D eigenvalue weighted by Gasteiger charge is -2.19. The van der Waals surface area contributed by atoms with Crippen molar-refractivity contribution in [3.8, 4) is 5.75 Å². The van der Waals surface area contributed by atoms with Crippen molar-refractivity contribution in [2.45, 2.75) is 26.2 Å². The molecule has 0 saturated carbocycles. The quantitative estimate of drug-likeness (QED) is 0.531. The van der Waals surface area contributed by atoms with Crippen LogP contribution < -0.4 is 10.2 Å². The number of hydrogen-bond donors (Lipinski definition) is 1. The van der Waals surface area contributed by atoms with E-state index in [-0.39, 0.29) is 17.9 Å². The Morgan fingerprint density at radius 2 is 1.70 bits per heavy atom. The molecule has 0 spiro atoms. The normalized spacial score (nSPS) is 11.7. The van der Waals surface area contributed by atoms with Crippen molar-refractivity contribution in [2.24, 2.45) is 5.10 Å². The highest BCUT2D eigenvalue weighted by molar-refractivity contribution is 5.90. The summed E-state index contributed by atoms with van der Waals surface area (Å²) in [6, 6.07) is 21.9. The Bertz CT molecular complexity index is 954. The van der Waals surface area contributed by atoms with E-state index < -0.39 is 0 Å². The van der Waals surface area contributed by atoms with E-state index in [0.717, 1.165) is 10.9 Å². The summed E-state index contributed by atoms with van der Waals surface area (Å²) >= 11 is 0. The third-order valence-electron chi connectivity index (χ3n) is 4.27. The van der Waals surface area contributed by atoms with Crippen LogP contribution in [0.3, 0.4) is 0 Å². The first-order chi connectivity index (χ1) is 12.9. The van der Waals surface area contributed by atoms with Crippen LogP contribution in [0.1, 0.15) is 31.9 Å². The number of carbonyl (C=O) groups is 1. The molecule has 27 heavy (non-hydrogen) atoms. The highest BCUT2D eigenvalue weighted by atomic mass is 16.5. The molecule has 138 valence electrons. The first-order valence-corrected chi connectivity index (χ1v) is 8.96. The third-order valence-corrected chi connectivity index (χ3v) is 4.27. The Kier molecular flexibility index (Phi) is 5.55. The Balaban J connectivity index is 1.51. The third kappa shape index (κ3) is 5.17. The molecule has 3 aromatic carbocycles. The minimum Gasteiger partial charge on any atom is -0.484 e. The van der Waals surface area contributed by atoms with Gasteiger partial charge < -0.3 is 4.74 Å². The maximum atomic E-state index is 11.9. The highest BCUT2D eigenvalue weighted by Crippen LogP contribution is 2.24. The van der Waals surface area contributed by atoms with Crippen LogP contribution in [0.15, 0.2) is 71.8 Å². The number of benzene rings is 3. The molecule has 3 rings (SSSR count). The molecule has 0 bridgehead atoms. The summed E-state index contributed by atoms with van der Waals surface area (Å²) < 4.78 is 5.51.